The Morgan fingerprint density at radius 2 is 2.08 bits per heavy atom. The van der Waals surface area contributed by atoms with Crippen LogP contribution in [0.25, 0.3) is 0 Å². The summed E-state index contributed by atoms with van der Waals surface area (Å²) < 4.78 is 22.7. The van der Waals surface area contributed by atoms with Gasteiger partial charge >= 0.3 is 0 Å². The molecule has 1 amide bonds. The molecule has 6 heteroatoms. The van der Waals surface area contributed by atoms with Crippen LogP contribution in [-0.4, -0.2) is 38.9 Å². The lowest BCUT2D eigenvalue weighted by atomic mass is 10.3. The van der Waals surface area contributed by atoms with Crippen LogP contribution in [0.2, 0.25) is 0 Å². The molecule has 0 bridgehead atoms. The third-order valence-corrected chi connectivity index (χ3v) is 3.92. The fourth-order valence-electron chi connectivity index (χ4n) is 0.811. The second-order valence-corrected chi connectivity index (χ2v) is 5.29. The van der Waals surface area contributed by atoms with Gasteiger partial charge in [-0.05, 0) is 19.9 Å². The fourth-order valence-corrected chi connectivity index (χ4v) is 2.10. The second-order valence-electron chi connectivity index (χ2n) is 2.87. The summed E-state index contributed by atoms with van der Waals surface area (Å²) in [4.78, 5) is 10.8. The summed E-state index contributed by atoms with van der Waals surface area (Å²) in [5.41, 5.74) is 5.22. The Balaban J connectivity index is 4.31. The monoisotopic (exact) mass is 208 g/mol. The minimum absolute atomic E-state index is 0.314. The number of carbonyl (C=O) groups is 1. The molecule has 0 saturated carbocycles. The lowest BCUT2D eigenvalue weighted by Gasteiger charge is -2.10. The van der Waals surface area contributed by atoms with Crippen LogP contribution in [0.5, 0.6) is 0 Å². The van der Waals surface area contributed by atoms with Gasteiger partial charge in [-0.1, -0.05) is 0 Å². The number of nitrogens with two attached hydrogens (primary N) is 1. The van der Waals surface area contributed by atoms with E-state index < -0.39 is 26.7 Å². The second kappa shape index (κ2) is 5.18. The van der Waals surface area contributed by atoms with Crippen LogP contribution in [0.15, 0.2) is 0 Å². The summed E-state index contributed by atoms with van der Waals surface area (Å²) in [6.45, 7) is 1.87. The highest BCUT2D eigenvalue weighted by Crippen LogP contribution is 2.05. The molecule has 0 heterocycles. The lowest BCUT2D eigenvalue weighted by molar-refractivity contribution is -0.118. The van der Waals surface area contributed by atoms with Crippen molar-refractivity contribution >= 4 is 15.7 Å². The lowest BCUT2D eigenvalue weighted by Crippen LogP contribution is -2.32. The highest BCUT2D eigenvalue weighted by atomic mass is 32.2. The van der Waals surface area contributed by atoms with E-state index in [1.807, 2.05) is 0 Å². The molecule has 78 valence electrons. The normalized spacial score (nSPS) is 13.8. The van der Waals surface area contributed by atoms with Crippen molar-refractivity contribution in [2.75, 3.05) is 19.3 Å². The molecule has 0 aromatic carbocycles. The first-order valence-electron chi connectivity index (χ1n) is 4.06. The van der Waals surface area contributed by atoms with Crippen LogP contribution < -0.4 is 11.1 Å². The third kappa shape index (κ3) is 4.23. The SMILES string of the molecule is CNC(=O)CS(=O)(=O)C(C)CCN. The molecule has 0 saturated heterocycles. The van der Waals surface area contributed by atoms with Gasteiger partial charge in [-0.15, -0.1) is 0 Å². The number of hydrogen-bond donors (Lipinski definition) is 2. The molecule has 0 spiro atoms. The summed E-state index contributed by atoms with van der Waals surface area (Å²) in [5.74, 6) is -0.936. The summed E-state index contributed by atoms with van der Waals surface area (Å²) in [6.07, 6.45) is 0.388. The van der Waals surface area contributed by atoms with Crippen LogP contribution >= 0.6 is 0 Å². The molecule has 0 aromatic rings. The standard InChI is InChI=1S/C7H16N2O3S/c1-6(3-4-8)13(11,12)5-7(10)9-2/h6H,3-5,8H2,1-2H3,(H,9,10). The molecular formula is C7H16N2O3S. The summed E-state index contributed by atoms with van der Waals surface area (Å²) in [7, 11) is -1.92. The maximum atomic E-state index is 11.4. The quantitative estimate of drug-likeness (QED) is 0.599. The van der Waals surface area contributed by atoms with E-state index in [9.17, 15) is 13.2 Å². The topological polar surface area (TPSA) is 89.3 Å². The maximum Gasteiger partial charge on any atom is 0.234 e. The first kappa shape index (κ1) is 12.4. The van der Waals surface area contributed by atoms with Crippen molar-refractivity contribution in [1.82, 2.24) is 5.32 Å². The molecule has 1 atom stereocenters. The number of rotatable bonds is 5. The Hall–Kier alpha value is -0.620. The van der Waals surface area contributed by atoms with Gasteiger partial charge in [0.15, 0.2) is 9.84 Å². The largest absolute Gasteiger partial charge is 0.358 e. The zero-order valence-electron chi connectivity index (χ0n) is 7.91. The van der Waals surface area contributed by atoms with E-state index in [0.717, 1.165) is 0 Å². The molecule has 13 heavy (non-hydrogen) atoms. The van der Waals surface area contributed by atoms with E-state index in [4.69, 9.17) is 5.73 Å². The minimum Gasteiger partial charge on any atom is -0.358 e. The number of nitrogens with one attached hydrogen (secondary N) is 1. The van der Waals surface area contributed by atoms with Crippen LogP contribution in [0.3, 0.4) is 0 Å². The van der Waals surface area contributed by atoms with Gasteiger partial charge < -0.3 is 11.1 Å². The van der Waals surface area contributed by atoms with E-state index in [1.165, 1.54) is 7.05 Å². The van der Waals surface area contributed by atoms with E-state index in [-0.39, 0.29) is 0 Å². The third-order valence-electron chi connectivity index (χ3n) is 1.80. The molecule has 0 aliphatic heterocycles. The Morgan fingerprint density at radius 1 is 1.54 bits per heavy atom. The van der Waals surface area contributed by atoms with Crippen molar-refractivity contribution < 1.29 is 13.2 Å². The Bertz CT molecular complexity index is 261. The summed E-state index contributed by atoms with van der Waals surface area (Å²) >= 11 is 0. The van der Waals surface area contributed by atoms with Crippen LogP contribution in [0.4, 0.5) is 0 Å². The van der Waals surface area contributed by atoms with Crippen LogP contribution in [0, 0.1) is 0 Å². The zero-order valence-corrected chi connectivity index (χ0v) is 8.73. The van der Waals surface area contributed by atoms with Gasteiger partial charge in [0, 0.05) is 7.05 Å². The molecule has 5 nitrogen and oxygen atoms in total. The molecule has 3 N–H and O–H groups in total. The molecule has 1 unspecified atom stereocenters. The number of hydrogen-bond acceptors (Lipinski definition) is 4. The van der Waals surface area contributed by atoms with E-state index in [1.54, 1.807) is 6.92 Å². The molecular weight excluding hydrogens is 192 g/mol. The van der Waals surface area contributed by atoms with Gasteiger partial charge in [0.25, 0.3) is 0 Å². The van der Waals surface area contributed by atoms with Crippen molar-refractivity contribution in [1.29, 1.82) is 0 Å². The van der Waals surface area contributed by atoms with Gasteiger partial charge in [0.2, 0.25) is 5.91 Å². The van der Waals surface area contributed by atoms with Gasteiger partial charge in [-0.2, -0.15) is 0 Å². The maximum absolute atomic E-state index is 11.4. The smallest absolute Gasteiger partial charge is 0.234 e. The molecule has 0 radical (unpaired) electrons. The molecule has 0 aromatic heterocycles. The average Bonchev–Trinajstić information content (AvgIpc) is 2.04. The van der Waals surface area contributed by atoms with Crippen molar-refractivity contribution in [3.8, 4) is 0 Å². The molecule has 0 fully saturated rings. The minimum atomic E-state index is -3.33. The molecule has 0 aliphatic carbocycles. The van der Waals surface area contributed by atoms with Crippen molar-refractivity contribution in [3.63, 3.8) is 0 Å². The van der Waals surface area contributed by atoms with Crippen LogP contribution in [0.1, 0.15) is 13.3 Å². The highest BCUT2D eigenvalue weighted by Gasteiger charge is 2.22. The van der Waals surface area contributed by atoms with E-state index in [2.05, 4.69) is 5.32 Å². The van der Waals surface area contributed by atoms with Gasteiger partial charge in [0.1, 0.15) is 5.75 Å². The fraction of sp³-hybridized carbons (Fsp3) is 0.857. The Labute approximate surface area is 78.6 Å². The van der Waals surface area contributed by atoms with Gasteiger partial charge in [-0.3, -0.25) is 4.79 Å². The first-order valence-corrected chi connectivity index (χ1v) is 5.77. The molecule has 0 aliphatic rings. The van der Waals surface area contributed by atoms with Gasteiger partial charge in [0.05, 0.1) is 5.25 Å². The highest BCUT2D eigenvalue weighted by molar-refractivity contribution is 7.92. The predicted octanol–water partition coefficient (Wildman–Crippen LogP) is -1.12. The van der Waals surface area contributed by atoms with E-state index >= 15 is 0 Å². The summed E-state index contributed by atoms with van der Waals surface area (Å²) in [5, 5.41) is 1.72. The zero-order chi connectivity index (χ0) is 10.5. The Morgan fingerprint density at radius 3 is 2.46 bits per heavy atom. The number of amides is 1. The van der Waals surface area contributed by atoms with Gasteiger partial charge in [-0.25, -0.2) is 8.42 Å². The Kier molecular flexibility index (Phi) is 4.94. The average molecular weight is 208 g/mol. The van der Waals surface area contributed by atoms with Crippen molar-refractivity contribution in [3.05, 3.63) is 0 Å². The van der Waals surface area contributed by atoms with Crippen LogP contribution in [-0.2, 0) is 14.6 Å². The first-order chi connectivity index (χ1) is 5.94. The predicted molar refractivity (Wildman–Crippen MR) is 51.0 cm³/mol. The number of sulfone groups is 1. The number of carbonyl (C=O) groups excluding carboxylic acids is 1. The van der Waals surface area contributed by atoms with Crippen molar-refractivity contribution in [2.45, 2.75) is 18.6 Å². The van der Waals surface area contributed by atoms with E-state index in [0.29, 0.717) is 13.0 Å². The van der Waals surface area contributed by atoms with Crippen molar-refractivity contribution in [2.24, 2.45) is 5.73 Å². The summed E-state index contributed by atoms with van der Waals surface area (Å²) in [6, 6.07) is 0. The molecule has 0 rings (SSSR count).